The van der Waals surface area contributed by atoms with Crippen LogP contribution in [0.15, 0.2) is 30.7 Å². The summed E-state index contributed by atoms with van der Waals surface area (Å²) in [4.78, 5) is 16.4. The molecule has 2 fully saturated rings. The van der Waals surface area contributed by atoms with E-state index in [2.05, 4.69) is 20.5 Å². The van der Waals surface area contributed by atoms with E-state index in [9.17, 15) is 14.3 Å². The topological polar surface area (TPSA) is 95.3 Å². The van der Waals surface area contributed by atoms with Crippen LogP contribution in [-0.2, 0) is 4.79 Å². The van der Waals surface area contributed by atoms with Crippen LogP contribution in [0.3, 0.4) is 0 Å². The van der Waals surface area contributed by atoms with Gasteiger partial charge in [0.15, 0.2) is 5.82 Å². The van der Waals surface area contributed by atoms with Crippen molar-refractivity contribution in [1.82, 2.24) is 19.6 Å². The van der Waals surface area contributed by atoms with E-state index in [1.807, 2.05) is 0 Å². The second-order valence-electron chi connectivity index (χ2n) is 8.84. The Balaban J connectivity index is 1.43. The van der Waals surface area contributed by atoms with Crippen molar-refractivity contribution in [2.45, 2.75) is 43.9 Å². The zero-order chi connectivity index (χ0) is 22.9. The molecular weight excluding hydrogens is 452 g/mol. The number of aromatic nitrogens is 4. The van der Waals surface area contributed by atoms with E-state index in [-0.39, 0.29) is 23.3 Å². The lowest BCUT2D eigenvalue weighted by Gasteiger charge is -2.19. The van der Waals surface area contributed by atoms with Crippen LogP contribution in [0.2, 0.25) is 5.02 Å². The van der Waals surface area contributed by atoms with Crippen LogP contribution < -0.4 is 5.32 Å². The Bertz CT molecular complexity index is 1420. The van der Waals surface area contributed by atoms with Gasteiger partial charge in [0.1, 0.15) is 17.6 Å². The van der Waals surface area contributed by atoms with Gasteiger partial charge in [-0.1, -0.05) is 18.0 Å². The minimum absolute atomic E-state index is 0.0336. The predicted octanol–water partition coefficient (Wildman–Crippen LogP) is 4.60. The number of aromatic amines is 1. The number of amides is 1. The summed E-state index contributed by atoms with van der Waals surface area (Å²) in [6, 6.07) is 3.50. The van der Waals surface area contributed by atoms with Crippen LogP contribution in [0.5, 0.6) is 0 Å². The first-order valence-corrected chi connectivity index (χ1v) is 11.3. The zero-order valence-electron chi connectivity index (χ0n) is 17.4. The lowest BCUT2D eigenvalue weighted by molar-refractivity contribution is -0.117. The van der Waals surface area contributed by atoms with Gasteiger partial charge in [0.2, 0.25) is 5.91 Å². The molecule has 0 bridgehead atoms. The van der Waals surface area contributed by atoms with E-state index in [0.29, 0.717) is 51.9 Å². The first kappa shape index (κ1) is 20.6. The average molecular weight is 472 g/mol. The Morgan fingerprint density at radius 3 is 2.85 bits per heavy atom. The second-order valence-corrected chi connectivity index (χ2v) is 9.21. The molecule has 0 aliphatic heterocycles. The molecule has 10 heteroatoms. The molecular formula is C23H20ClF2N5O2. The molecule has 1 aromatic carbocycles. The summed E-state index contributed by atoms with van der Waals surface area (Å²) in [5.74, 6) is -1.58. The number of hydrogen-bond acceptors (Lipinski definition) is 4. The summed E-state index contributed by atoms with van der Waals surface area (Å²) in [6.07, 6.45) is 5.63. The summed E-state index contributed by atoms with van der Waals surface area (Å²) in [7, 11) is 0. The van der Waals surface area contributed by atoms with Crippen LogP contribution >= 0.6 is 11.6 Å². The maximum absolute atomic E-state index is 15.6. The van der Waals surface area contributed by atoms with Gasteiger partial charge in [0.25, 0.3) is 0 Å². The van der Waals surface area contributed by atoms with Gasteiger partial charge in [-0.2, -0.15) is 5.10 Å². The maximum Gasteiger partial charge on any atom is 0.231 e. The number of carbonyl (C=O) groups is 1. The van der Waals surface area contributed by atoms with Gasteiger partial charge < -0.3 is 14.8 Å². The number of imidazole rings is 1. The number of pyridine rings is 1. The zero-order valence-corrected chi connectivity index (χ0v) is 18.1. The minimum atomic E-state index is -1.09. The number of H-pyrrole nitrogens is 1. The van der Waals surface area contributed by atoms with Crippen molar-refractivity contribution in [3.8, 4) is 11.1 Å². The number of halogens is 3. The van der Waals surface area contributed by atoms with Gasteiger partial charge in [-0.3, -0.25) is 9.89 Å². The Morgan fingerprint density at radius 2 is 2.12 bits per heavy atom. The SMILES string of the molecule is O=C(Nc1cn2cc(-c3c(Cl)c(F)c(C4CCCC4O)c4[nH]ncc34)ccc2n1)C1CC1F. The monoisotopic (exact) mass is 471 g/mol. The third-order valence-corrected chi connectivity index (χ3v) is 7.07. The lowest BCUT2D eigenvalue weighted by Crippen LogP contribution is -2.15. The highest BCUT2D eigenvalue weighted by Crippen LogP contribution is 2.45. The molecule has 170 valence electrons. The fourth-order valence-corrected chi connectivity index (χ4v) is 5.21. The van der Waals surface area contributed by atoms with E-state index in [1.54, 1.807) is 35.1 Å². The summed E-state index contributed by atoms with van der Waals surface area (Å²) < 4.78 is 30.4. The largest absolute Gasteiger partial charge is 0.392 e. The van der Waals surface area contributed by atoms with Crippen LogP contribution in [0.1, 0.15) is 37.2 Å². The van der Waals surface area contributed by atoms with Gasteiger partial charge in [-0.15, -0.1) is 0 Å². The van der Waals surface area contributed by atoms with Gasteiger partial charge >= 0.3 is 0 Å². The number of nitrogens with zero attached hydrogens (tertiary/aromatic N) is 3. The molecule has 3 aromatic heterocycles. The van der Waals surface area contributed by atoms with Gasteiger partial charge in [-0.05, 0) is 31.4 Å². The molecule has 4 atom stereocenters. The van der Waals surface area contributed by atoms with Crippen molar-refractivity contribution in [3.05, 3.63) is 47.1 Å². The van der Waals surface area contributed by atoms with Crippen molar-refractivity contribution < 1.29 is 18.7 Å². The van der Waals surface area contributed by atoms with E-state index in [1.165, 1.54) is 0 Å². The Morgan fingerprint density at radius 1 is 1.30 bits per heavy atom. The molecule has 1 amide bonds. The lowest BCUT2D eigenvalue weighted by atomic mass is 9.90. The fraction of sp³-hybridized carbons (Fsp3) is 0.348. The highest BCUT2D eigenvalue weighted by molar-refractivity contribution is 6.35. The van der Waals surface area contributed by atoms with Gasteiger partial charge in [0, 0.05) is 34.2 Å². The van der Waals surface area contributed by atoms with Crippen LogP contribution in [0, 0.1) is 11.7 Å². The Labute approximate surface area is 191 Å². The normalized spacial score (nSPS) is 24.6. The van der Waals surface area contributed by atoms with Crippen molar-refractivity contribution in [2.24, 2.45) is 5.92 Å². The summed E-state index contributed by atoms with van der Waals surface area (Å²) >= 11 is 6.56. The number of carbonyl (C=O) groups excluding carboxylic acids is 1. The highest BCUT2D eigenvalue weighted by Gasteiger charge is 2.43. The molecule has 0 saturated heterocycles. The minimum Gasteiger partial charge on any atom is -0.392 e. The average Bonchev–Trinajstić information content (AvgIpc) is 3.16. The molecule has 3 N–H and O–H groups in total. The van der Waals surface area contributed by atoms with Crippen molar-refractivity contribution >= 4 is 39.9 Å². The van der Waals surface area contributed by atoms with E-state index in [4.69, 9.17) is 11.6 Å². The van der Waals surface area contributed by atoms with Crippen molar-refractivity contribution in [2.75, 3.05) is 5.32 Å². The predicted molar refractivity (Wildman–Crippen MR) is 119 cm³/mol. The molecule has 4 aromatic rings. The van der Waals surface area contributed by atoms with Crippen LogP contribution in [-0.4, -0.2) is 42.9 Å². The van der Waals surface area contributed by atoms with E-state index < -0.39 is 24.0 Å². The number of nitrogens with one attached hydrogen (secondary N) is 2. The van der Waals surface area contributed by atoms with Gasteiger partial charge in [0.05, 0.1) is 35.0 Å². The van der Waals surface area contributed by atoms with Crippen LogP contribution in [0.25, 0.3) is 27.7 Å². The first-order valence-electron chi connectivity index (χ1n) is 10.9. The highest BCUT2D eigenvalue weighted by atomic mass is 35.5. The smallest absolute Gasteiger partial charge is 0.231 e. The van der Waals surface area contributed by atoms with Crippen molar-refractivity contribution in [1.29, 1.82) is 0 Å². The first-order chi connectivity index (χ1) is 15.9. The number of fused-ring (bicyclic) bond motifs is 2. The number of benzene rings is 1. The molecule has 0 spiro atoms. The molecule has 7 nitrogen and oxygen atoms in total. The third-order valence-electron chi connectivity index (χ3n) is 6.72. The Kier molecular flexibility index (Phi) is 4.67. The van der Waals surface area contributed by atoms with E-state index >= 15 is 4.39 Å². The molecule has 6 rings (SSSR count). The van der Waals surface area contributed by atoms with E-state index in [0.717, 1.165) is 6.42 Å². The number of aliphatic hydroxyl groups is 1. The number of anilines is 1. The third kappa shape index (κ3) is 3.29. The molecule has 3 heterocycles. The quantitative estimate of drug-likeness (QED) is 0.405. The molecule has 0 radical (unpaired) electrons. The molecule has 2 aliphatic rings. The number of hydrogen-bond donors (Lipinski definition) is 3. The Hall–Kier alpha value is -3.04. The standard InChI is InChI=1S/C23H20ClF2N5O2/c24-20-18(13-7-27-30-22(13)19(21(20)26)11-2-1-3-15(11)32)10-4-5-17-28-16(9-31(17)8-10)29-23(33)12-6-14(12)25/h4-5,7-9,11-12,14-15,32H,1-3,6H2,(H,27,30)(H,29,33). The summed E-state index contributed by atoms with van der Waals surface area (Å²) in [5, 5.41) is 20.6. The van der Waals surface area contributed by atoms with Gasteiger partial charge in [-0.25, -0.2) is 13.8 Å². The number of rotatable bonds is 4. The second kappa shape index (κ2) is 7.50. The molecule has 33 heavy (non-hydrogen) atoms. The number of aliphatic hydroxyl groups excluding tert-OH is 1. The summed E-state index contributed by atoms with van der Waals surface area (Å²) in [5.41, 5.74) is 2.58. The maximum atomic E-state index is 15.6. The molecule has 2 aliphatic carbocycles. The molecule has 2 saturated carbocycles. The van der Waals surface area contributed by atoms with Crippen LogP contribution in [0.4, 0.5) is 14.6 Å². The number of alkyl halides is 1. The summed E-state index contributed by atoms with van der Waals surface area (Å²) in [6.45, 7) is 0. The molecule has 4 unspecified atom stereocenters. The fourth-order valence-electron chi connectivity index (χ4n) is 4.90. The van der Waals surface area contributed by atoms with Crippen molar-refractivity contribution in [3.63, 3.8) is 0 Å².